The van der Waals surface area contributed by atoms with Gasteiger partial charge < -0.3 is 4.74 Å². The SMILES string of the molecule is CC(C)/C=C/OCC(C)(C)C. The van der Waals surface area contributed by atoms with Crippen LogP contribution in [-0.2, 0) is 4.74 Å². The van der Waals surface area contributed by atoms with Gasteiger partial charge in [-0.2, -0.15) is 0 Å². The van der Waals surface area contributed by atoms with Crippen LogP contribution in [0.25, 0.3) is 0 Å². The third-order valence-corrected chi connectivity index (χ3v) is 1.08. The number of allylic oxidation sites excluding steroid dienone is 1. The number of hydrogen-bond donors (Lipinski definition) is 0. The highest BCUT2D eigenvalue weighted by Crippen LogP contribution is 2.12. The fourth-order valence-corrected chi connectivity index (χ4v) is 0.511. The third kappa shape index (κ3) is 9.54. The quantitative estimate of drug-likeness (QED) is 0.570. The maximum Gasteiger partial charge on any atom is 0.0921 e. The van der Waals surface area contributed by atoms with Gasteiger partial charge in [-0.15, -0.1) is 0 Å². The van der Waals surface area contributed by atoms with Crippen LogP contribution >= 0.6 is 0 Å². The van der Waals surface area contributed by atoms with E-state index in [-0.39, 0.29) is 5.41 Å². The average Bonchev–Trinajstić information content (AvgIpc) is 1.78. The van der Waals surface area contributed by atoms with E-state index in [0.29, 0.717) is 5.92 Å². The molecule has 11 heavy (non-hydrogen) atoms. The Morgan fingerprint density at radius 3 is 2.18 bits per heavy atom. The van der Waals surface area contributed by atoms with Crippen LogP contribution in [-0.4, -0.2) is 6.61 Å². The number of rotatable bonds is 3. The summed E-state index contributed by atoms with van der Waals surface area (Å²) in [5.41, 5.74) is 0.265. The topological polar surface area (TPSA) is 9.23 Å². The fourth-order valence-electron chi connectivity index (χ4n) is 0.511. The summed E-state index contributed by atoms with van der Waals surface area (Å²) in [5.74, 6) is 0.579. The highest BCUT2D eigenvalue weighted by molar-refractivity contribution is 4.77. The van der Waals surface area contributed by atoms with E-state index in [1.165, 1.54) is 0 Å². The van der Waals surface area contributed by atoms with E-state index in [1.807, 2.05) is 0 Å². The Balaban J connectivity index is 3.42. The predicted octanol–water partition coefficient (Wildman–Crippen LogP) is 3.22. The third-order valence-electron chi connectivity index (χ3n) is 1.08. The molecular formula is C10H20O. The molecule has 0 aromatic rings. The summed E-state index contributed by atoms with van der Waals surface area (Å²) in [5, 5.41) is 0. The largest absolute Gasteiger partial charge is 0.501 e. The van der Waals surface area contributed by atoms with Gasteiger partial charge in [0.15, 0.2) is 0 Å². The molecule has 0 saturated carbocycles. The van der Waals surface area contributed by atoms with Crippen molar-refractivity contribution in [2.75, 3.05) is 6.61 Å². The van der Waals surface area contributed by atoms with Crippen molar-refractivity contribution in [3.63, 3.8) is 0 Å². The van der Waals surface area contributed by atoms with E-state index in [2.05, 4.69) is 40.7 Å². The Bertz CT molecular complexity index is 117. The minimum atomic E-state index is 0.265. The summed E-state index contributed by atoms with van der Waals surface area (Å²) >= 11 is 0. The highest BCUT2D eigenvalue weighted by Gasteiger charge is 2.08. The normalized spacial score (nSPS) is 12.9. The minimum Gasteiger partial charge on any atom is -0.501 e. The second kappa shape index (κ2) is 4.42. The zero-order chi connectivity index (χ0) is 8.91. The van der Waals surface area contributed by atoms with E-state index < -0.39 is 0 Å². The van der Waals surface area contributed by atoms with Crippen molar-refractivity contribution < 1.29 is 4.74 Å². The molecule has 0 N–H and O–H groups in total. The molecule has 0 atom stereocenters. The molecule has 1 nitrogen and oxygen atoms in total. The molecule has 0 aliphatic carbocycles. The van der Waals surface area contributed by atoms with Crippen molar-refractivity contribution >= 4 is 0 Å². The molecule has 0 bridgehead atoms. The summed E-state index contributed by atoms with van der Waals surface area (Å²) in [7, 11) is 0. The van der Waals surface area contributed by atoms with E-state index >= 15 is 0 Å². The Morgan fingerprint density at radius 2 is 1.82 bits per heavy atom. The maximum absolute atomic E-state index is 5.33. The minimum absolute atomic E-state index is 0.265. The summed E-state index contributed by atoms with van der Waals surface area (Å²) in [4.78, 5) is 0. The Kier molecular flexibility index (Phi) is 4.24. The molecular weight excluding hydrogens is 136 g/mol. The summed E-state index contributed by atoms with van der Waals surface area (Å²) < 4.78 is 5.33. The van der Waals surface area contributed by atoms with Gasteiger partial charge in [-0.1, -0.05) is 34.6 Å². The molecule has 66 valence electrons. The molecule has 0 spiro atoms. The number of hydrogen-bond acceptors (Lipinski definition) is 1. The summed E-state index contributed by atoms with van der Waals surface area (Å²) in [6, 6.07) is 0. The van der Waals surface area contributed by atoms with Crippen LogP contribution in [0.2, 0.25) is 0 Å². The molecule has 0 amide bonds. The van der Waals surface area contributed by atoms with Crippen LogP contribution in [0, 0.1) is 11.3 Å². The van der Waals surface area contributed by atoms with Crippen LogP contribution in [0.15, 0.2) is 12.3 Å². The smallest absolute Gasteiger partial charge is 0.0921 e. The van der Waals surface area contributed by atoms with Gasteiger partial charge >= 0.3 is 0 Å². The van der Waals surface area contributed by atoms with E-state index in [9.17, 15) is 0 Å². The fraction of sp³-hybridized carbons (Fsp3) is 0.800. The van der Waals surface area contributed by atoms with Crippen molar-refractivity contribution in [1.29, 1.82) is 0 Å². The highest BCUT2D eigenvalue weighted by atomic mass is 16.5. The zero-order valence-corrected chi connectivity index (χ0v) is 8.35. The monoisotopic (exact) mass is 156 g/mol. The molecule has 0 unspecified atom stereocenters. The molecule has 0 fully saturated rings. The second-order valence-electron chi connectivity index (χ2n) is 4.44. The van der Waals surface area contributed by atoms with Gasteiger partial charge in [0.2, 0.25) is 0 Å². The Labute approximate surface area is 70.4 Å². The van der Waals surface area contributed by atoms with Crippen LogP contribution in [0.5, 0.6) is 0 Å². The first-order valence-electron chi connectivity index (χ1n) is 4.20. The van der Waals surface area contributed by atoms with Crippen LogP contribution in [0.3, 0.4) is 0 Å². The lowest BCUT2D eigenvalue weighted by Crippen LogP contribution is -2.12. The Hall–Kier alpha value is -0.460. The van der Waals surface area contributed by atoms with Gasteiger partial charge in [-0.25, -0.2) is 0 Å². The standard InChI is InChI=1S/C10H20O/c1-9(2)6-7-11-8-10(3,4)5/h6-7,9H,8H2,1-5H3/b7-6+. The molecule has 0 heterocycles. The van der Waals surface area contributed by atoms with Crippen LogP contribution < -0.4 is 0 Å². The molecule has 0 rings (SSSR count). The Morgan fingerprint density at radius 1 is 1.27 bits per heavy atom. The van der Waals surface area contributed by atoms with Gasteiger partial charge in [0.25, 0.3) is 0 Å². The van der Waals surface area contributed by atoms with Crippen LogP contribution in [0.4, 0.5) is 0 Å². The van der Waals surface area contributed by atoms with Crippen molar-refractivity contribution in [1.82, 2.24) is 0 Å². The van der Waals surface area contributed by atoms with Gasteiger partial charge in [-0.05, 0) is 17.4 Å². The first kappa shape index (κ1) is 10.5. The van der Waals surface area contributed by atoms with Gasteiger partial charge in [0.05, 0.1) is 12.9 Å². The molecule has 0 radical (unpaired) electrons. The lowest BCUT2D eigenvalue weighted by molar-refractivity contribution is 0.150. The van der Waals surface area contributed by atoms with Crippen molar-refractivity contribution in [3.05, 3.63) is 12.3 Å². The van der Waals surface area contributed by atoms with Crippen molar-refractivity contribution in [2.45, 2.75) is 34.6 Å². The van der Waals surface area contributed by atoms with Crippen LogP contribution in [0.1, 0.15) is 34.6 Å². The van der Waals surface area contributed by atoms with E-state index in [0.717, 1.165) is 6.61 Å². The summed E-state index contributed by atoms with van der Waals surface area (Å²) in [6.07, 6.45) is 3.86. The maximum atomic E-state index is 5.33. The molecule has 1 heteroatoms. The van der Waals surface area contributed by atoms with Crippen molar-refractivity contribution in [2.24, 2.45) is 11.3 Å². The molecule has 0 aromatic heterocycles. The second-order valence-corrected chi connectivity index (χ2v) is 4.44. The first-order chi connectivity index (χ1) is 4.92. The number of ether oxygens (including phenoxy) is 1. The van der Waals surface area contributed by atoms with Gasteiger partial charge in [0, 0.05) is 0 Å². The summed E-state index contributed by atoms with van der Waals surface area (Å²) in [6.45, 7) is 11.5. The van der Waals surface area contributed by atoms with E-state index in [1.54, 1.807) is 6.26 Å². The molecule has 0 aromatic carbocycles. The molecule has 0 saturated heterocycles. The average molecular weight is 156 g/mol. The first-order valence-corrected chi connectivity index (χ1v) is 4.20. The lowest BCUT2D eigenvalue weighted by atomic mass is 9.99. The van der Waals surface area contributed by atoms with Gasteiger partial charge in [0.1, 0.15) is 0 Å². The lowest BCUT2D eigenvalue weighted by Gasteiger charge is -2.16. The van der Waals surface area contributed by atoms with Crippen molar-refractivity contribution in [3.8, 4) is 0 Å². The van der Waals surface area contributed by atoms with Gasteiger partial charge in [-0.3, -0.25) is 0 Å². The van der Waals surface area contributed by atoms with E-state index in [4.69, 9.17) is 4.74 Å². The molecule has 0 aliphatic rings. The molecule has 0 aliphatic heterocycles. The zero-order valence-electron chi connectivity index (χ0n) is 8.35. The predicted molar refractivity (Wildman–Crippen MR) is 49.4 cm³/mol.